The van der Waals surface area contributed by atoms with Gasteiger partial charge in [-0.15, -0.1) is 0 Å². The molecule has 0 fully saturated rings. The Morgan fingerprint density at radius 1 is 1.47 bits per heavy atom. The van der Waals surface area contributed by atoms with E-state index in [0.29, 0.717) is 18.0 Å². The van der Waals surface area contributed by atoms with Crippen molar-refractivity contribution in [3.8, 4) is 5.75 Å². The van der Waals surface area contributed by atoms with Gasteiger partial charge in [0.2, 0.25) is 0 Å². The first-order valence-electron chi connectivity index (χ1n) is 6.39. The number of carbonyl (C=O) groups excluding carboxylic acids is 1. The first-order valence-corrected chi connectivity index (χ1v) is 6.39. The highest BCUT2D eigenvalue weighted by atomic mass is 16.5. The molecule has 0 aromatic heterocycles. The molecule has 5 heteroatoms. The van der Waals surface area contributed by atoms with Crippen LogP contribution in [0.1, 0.15) is 19.4 Å². The number of nitrogens with two attached hydrogens (primary N) is 1. The van der Waals surface area contributed by atoms with Crippen molar-refractivity contribution in [1.82, 2.24) is 0 Å². The summed E-state index contributed by atoms with van der Waals surface area (Å²) in [7, 11) is 0. The van der Waals surface area contributed by atoms with E-state index >= 15 is 0 Å². The van der Waals surface area contributed by atoms with Crippen LogP contribution in [0.3, 0.4) is 0 Å². The van der Waals surface area contributed by atoms with E-state index in [2.05, 4.69) is 0 Å². The molecule has 2 rings (SSSR count). The number of hydrogen-bond donors (Lipinski definition) is 2. The Hall–Kier alpha value is -1.59. The third kappa shape index (κ3) is 2.57. The lowest BCUT2D eigenvalue weighted by Gasteiger charge is -2.40. The van der Waals surface area contributed by atoms with Gasteiger partial charge in [-0.1, -0.05) is 6.07 Å². The van der Waals surface area contributed by atoms with Gasteiger partial charge in [0, 0.05) is 0 Å². The Balaban J connectivity index is 2.47. The fourth-order valence-electron chi connectivity index (χ4n) is 2.25. The maximum Gasteiger partial charge on any atom is 0.265 e. The number of ether oxygens (including phenoxy) is 1. The molecule has 1 heterocycles. The fraction of sp³-hybridized carbons (Fsp3) is 0.500. The zero-order valence-electron chi connectivity index (χ0n) is 11.3. The smallest absolute Gasteiger partial charge is 0.265 e. The van der Waals surface area contributed by atoms with E-state index in [1.165, 1.54) is 0 Å². The molecule has 0 saturated heterocycles. The minimum atomic E-state index is -0.656. The van der Waals surface area contributed by atoms with Crippen LogP contribution in [0.4, 0.5) is 5.69 Å². The third-order valence-electron chi connectivity index (χ3n) is 3.29. The molecule has 0 bridgehead atoms. The second-order valence-electron chi connectivity index (χ2n) is 5.33. The summed E-state index contributed by atoms with van der Waals surface area (Å²) in [5.41, 5.74) is 6.67. The molecule has 1 aromatic carbocycles. The second-order valence-corrected chi connectivity index (χ2v) is 5.33. The summed E-state index contributed by atoms with van der Waals surface area (Å²) < 4.78 is 5.43. The highest BCUT2D eigenvalue weighted by Crippen LogP contribution is 2.37. The van der Waals surface area contributed by atoms with Crippen molar-refractivity contribution in [3.05, 3.63) is 23.8 Å². The van der Waals surface area contributed by atoms with Gasteiger partial charge in [-0.2, -0.15) is 0 Å². The number of hydrogen-bond acceptors (Lipinski definition) is 4. The fourth-order valence-corrected chi connectivity index (χ4v) is 2.25. The number of anilines is 1. The lowest BCUT2D eigenvalue weighted by Crippen LogP contribution is -2.54. The summed E-state index contributed by atoms with van der Waals surface area (Å²) in [6, 6.07) is 5.72. The Labute approximate surface area is 113 Å². The summed E-state index contributed by atoms with van der Waals surface area (Å²) >= 11 is 0. The lowest BCUT2D eigenvalue weighted by molar-refractivity contribution is -0.122. The molecule has 19 heavy (non-hydrogen) atoms. The van der Waals surface area contributed by atoms with Gasteiger partial charge < -0.3 is 15.6 Å². The van der Waals surface area contributed by atoms with Crippen LogP contribution in [0, 0.1) is 0 Å². The summed E-state index contributed by atoms with van der Waals surface area (Å²) in [6.07, 6.45) is 0.745. The minimum absolute atomic E-state index is 0.00661. The van der Waals surface area contributed by atoms with Crippen LogP contribution in [0.25, 0.3) is 0 Å². The van der Waals surface area contributed by atoms with Crippen LogP contribution in [0.5, 0.6) is 5.75 Å². The summed E-state index contributed by atoms with van der Waals surface area (Å²) in [5.74, 6) is 0.526. The van der Waals surface area contributed by atoms with Gasteiger partial charge in [-0.3, -0.25) is 9.69 Å². The van der Waals surface area contributed by atoms with Crippen molar-refractivity contribution in [3.63, 3.8) is 0 Å². The maximum absolute atomic E-state index is 12.1. The van der Waals surface area contributed by atoms with Crippen molar-refractivity contribution in [2.45, 2.75) is 25.8 Å². The number of carbonyl (C=O) groups is 1. The molecule has 0 spiro atoms. The van der Waals surface area contributed by atoms with Gasteiger partial charge >= 0.3 is 0 Å². The van der Waals surface area contributed by atoms with Gasteiger partial charge in [0.25, 0.3) is 5.91 Å². The molecule has 1 aromatic rings. The van der Waals surface area contributed by atoms with Crippen LogP contribution in [0.15, 0.2) is 18.2 Å². The van der Waals surface area contributed by atoms with Crippen LogP contribution in [-0.2, 0) is 11.2 Å². The Morgan fingerprint density at radius 2 is 2.21 bits per heavy atom. The number of fused-ring (bicyclic) bond motifs is 1. The molecule has 5 nitrogen and oxygen atoms in total. The zero-order valence-corrected chi connectivity index (χ0v) is 11.3. The standard InChI is InChI=1S/C14H20N2O3/c1-14(2,9-17)16-11-7-10(5-6-15)3-4-12(11)19-8-13(16)18/h3-4,7,17H,5-6,8-9,15H2,1-2H3. The molecular formula is C14H20N2O3. The Kier molecular flexibility index (Phi) is 3.78. The van der Waals surface area contributed by atoms with Crippen molar-refractivity contribution in [2.75, 3.05) is 24.7 Å². The molecule has 3 N–H and O–H groups in total. The molecule has 0 saturated carbocycles. The number of rotatable bonds is 4. The van der Waals surface area contributed by atoms with E-state index < -0.39 is 5.54 Å². The maximum atomic E-state index is 12.1. The zero-order chi connectivity index (χ0) is 14.0. The highest BCUT2D eigenvalue weighted by Gasteiger charge is 2.36. The molecule has 1 aliphatic rings. The molecule has 0 unspecified atom stereocenters. The normalized spacial score (nSPS) is 15.2. The van der Waals surface area contributed by atoms with E-state index in [1.807, 2.05) is 32.0 Å². The topological polar surface area (TPSA) is 75.8 Å². The van der Waals surface area contributed by atoms with E-state index in [4.69, 9.17) is 10.5 Å². The SMILES string of the molecule is CC(C)(CO)N1C(=O)COc2ccc(CCN)cc21. The number of aliphatic hydroxyl groups excluding tert-OH is 1. The monoisotopic (exact) mass is 264 g/mol. The molecule has 0 atom stereocenters. The highest BCUT2D eigenvalue weighted by molar-refractivity contribution is 5.99. The average Bonchev–Trinajstić information content (AvgIpc) is 2.38. The summed E-state index contributed by atoms with van der Waals surface area (Å²) in [6.45, 7) is 4.11. The summed E-state index contributed by atoms with van der Waals surface area (Å²) in [4.78, 5) is 13.7. The van der Waals surface area contributed by atoms with Crippen LogP contribution >= 0.6 is 0 Å². The van der Waals surface area contributed by atoms with E-state index in [-0.39, 0.29) is 19.1 Å². The predicted octanol–water partition coefficient (Wildman–Crippen LogP) is 0.684. The quantitative estimate of drug-likeness (QED) is 0.838. The third-order valence-corrected chi connectivity index (χ3v) is 3.29. The lowest BCUT2D eigenvalue weighted by atomic mass is 10.00. The van der Waals surface area contributed by atoms with Gasteiger partial charge in [0.1, 0.15) is 5.75 Å². The molecule has 1 amide bonds. The van der Waals surface area contributed by atoms with E-state index in [0.717, 1.165) is 12.0 Å². The Morgan fingerprint density at radius 3 is 2.84 bits per heavy atom. The van der Waals surface area contributed by atoms with Crippen molar-refractivity contribution < 1.29 is 14.6 Å². The van der Waals surface area contributed by atoms with Crippen molar-refractivity contribution in [2.24, 2.45) is 5.73 Å². The number of amides is 1. The first kappa shape index (κ1) is 13.8. The average molecular weight is 264 g/mol. The summed E-state index contributed by atoms with van der Waals surface area (Å²) in [5, 5.41) is 9.51. The number of nitrogens with zero attached hydrogens (tertiary/aromatic N) is 1. The molecule has 1 aliphatic heterocycles. The number of benzene rings is 1. The van der Waals surface area contributed by atoms with Gasteiger partial charge in [0.05, 0.1) is 17.8 Å². The van der Waals surface area contributed by atoms with Crippen LogP contribution in [0.2, 0.25) is 0 Å². The largest absolute Gasteiger partial charge is 0.482 e. The Bertz CT molecular complexity index is 486. The molecule has 0 radical (unpaired) electrons. The second kappa shape index (κ2) is 5.19. The molecule has 104 valence electrons. The molecule has 0 aliphatic carbocycles. The van der Waals surface area contributed by atoms with E-state index in [1.54, 1.807) is 4.90 Å². The first-order chi connectivity index (χ1) is 8.99. The van der Waals surface area contributed by atoms with Gasteiger partial charge in [-0.05, 0) is 44.5 Å². The van der Waals surface area contributed by atoms with Gasteiger partial charge in [0.15, 0.2) is 6.61 Å². The van der Waals surface area contributed by atoms with Crippen LogP contribution in [-0.4, -0.2) is 36.3 Å². The van der Waals surface area contributed by atoms with Gasteiger partial charge in [-0.25, -0.2) is 0 Å². The van der Waals surface area contributed by atoms with Crippen LogP contribution < -0.4 is 15.4 Å². The van der Waals surface area contributed by atoms with E-state index in [9.17, 15) is 9.90 Å². The predicted molar refractivity (Wildman–Crippen MR) is 73.3 cm³/mol. The minimum Gasteiger partial charge on any atom is -0.482 e. The number of aliphatic hydroxyl groups is 1. The molecular weight excluding hydrogens is 244 g/mol. The van der Waals surface area contributed by atoms with Crippen molar-refractivity contribution >= 4 is 11.6 Å². The van der Waals surface area contributed by atoms with Crippen molar-refractivity contribution in [1.29, 1.82) is 0 Å².